The topological polar surface area (TPSA) is 31.2 Å². The van der Waals surface area contributed by atoms with Crippen molar-refractivity contribution in [1.82, 2.24) is 4.57 Å². The van der Waals surface area contributed by atoms with E-state index in [4.69, 9.17) is 4.74 Å². The van der Waals surface area contributed by atoms with Gasteiger partial charge in [-0.1, -0.05) is 0 Å². The van der Waals surface area contributed by atoms with Crippen LogP contribution in [-0.2, 0) is 0 Å². The molecule has 3 heteroatoms. The van der Waals surface area contributed by atoms with Crippen LogP contribution in [0.15, 0.2) is 17.1 Å². The van der Waals surface area contributed by atoms with Gasteiger partial charge in [-0.05, 0) is 44.2 Å². The Hall–Kier alpha value is -1.25. The van der Waals surface area contributed by atoms with E-state index in [1.165, 1.54) is 18.4 Å². The van der Waals surface area contributed by atoms with Gasteiger partial charge in [-0.3, -0.25) is 4.79 Å². The lowest BCUT2D eigenvalue weighted by Gasteiger charge is -2.13. The average molecular weight is 207 g/mol. The van der Waals surface area contributed by atoms with Crippen LogP contribution in [0, 0.1) is 0 Å². The fourth-order valence-electron chi connectivity index (χ4n) is 1.77. The van der Waals surface area contributed by atoms with E-state index in [1.807, 2.05) is 26.1 Å². The Labute approximate surface area is 89.7 Å². The highest BCUT2D eigenvalue weighted by Gasteiger charge is 2.25. The Bertz CT molecular complexity index is 416. The first-order chi connectivity index (χ1) is 7.13. The van der Waals surface area contributed by atoms with Gasteiger partial charge in [0.2, 0.25) is 0 Å². The van der Waals surface area contributed by atoms with Crippen molar-refractivity contribution in [1.29, 1.82) is 0 Å². The normalized spacial score (nSPS) is 15.7. The molecule has 1 aromatic rings. The summed E-state index contributed by atoms with van der Waals surface area (Å²) in [5.74, 6) is 1.11. The maximum atomic E-state index is 11.9. The second-order valence-corrected chi connectivity index (χ2v) is 4.42. The van der Waals surface area contributed by atoms with Crippen LogP contribution in [0.4, 0.5) is 0 Å². The van der Waals surface area contributed by atoms with E-state index in [0.717, 1.165) is 0 Å². The monoisotopic (exact) mass is 207 g/mol. The highest BCUT2D eigenvalue weighted by atomic mass is 16.5. The standard InChI is InChI=1S/C12H17NO2/c1-8(2)13-7-10(9-4-5-9)6-11(15-3)12(13)14/h6-9H,4-5H2,1-3H3. The summed E-state index contributed by atoms with van der Waals surface area (Å²) in [5.41, 5.74) is 1.21. The summed E-state index contributed by atoms with van der Waals surface area (Å²) in [4.78, 5) is 11.9. The molecule has 0 radical (unpaired) electrons. The molecule has 0 saturated heterocycles. The summed E-state index contributed by atoms with van der Waals surface area (Å²) in [7, 11) is 1.55. The maximum absolute atomic E-state index is 11.9. The molecule has 2 rings (SSSR count). The first kappa shape index (κ1) is 10.3. The van der Waals surface area contributed by atoms with Crippen LogP contribution in [0.1, 0.15) is 44.2 Å². The number of aromatic nitrogens is 1. The van der Waals surface area contributed by atoms with E-state index in [0.29, 0.717) is 11.7 Å². The van der Waals surface area contributed by atoms with Crippen molar-refractivity contribution in [2.45, 2.75) is 38.6 Å². The molecule has 0 spiro atoms. The number of methoxy groups -OCH3 is 1. The fourth-order valence-corrected chi connectivity index (χ4v) is 1.77. The van der Waals surface area contributed by atoms with E-state index >= 15 is 0 Å². The smallest absolute Gasteiger partial charge is 0.293 e. The van der Waals surface area contributed by atoms with Crippen molar-refractivity contribution >= 4 is 0 Å². The molecule has 1 fully saturated rings. The molecule has 82 valence electrons. The quantitative estimate of drug-likeness (QED) is 0.761. The number of rotatable bonds is 3. The minimum atomic E-state index is -0.0306. The number of pyridine rings is 1. The molecule has 0 amide bonds. The molecule has 0 aliphatic heterocycles. The van der Waals surface area contributed by atoms with Crippen LogP contribution in [-0.4, -0.2) is 11.7 Å². The molecule has 15 heavy (non-hydrogen) atoms. The second-order valence-electron chi connectivity index (χ2n) is 4.42. The van der Waals surface area contributed by atoms with Gasteiger partial charge in [-0.15, -0.1) is 0 Å². The van der Waals surface area contributed by atoms with Crippen LogP contribution in [0.2, 0.25) is 0 Å². The van der Waals surface area contributed by atoms with Crippen molar-refractivity contribution in [3.63, 3.8) is 0 Å². The Morgan fingerprint density at radius 2 is 2.13 bits per heavy atom. The molecule has 1 aliphatic carbocycles. The van der Waals surface area contributed by atoms with Gasteiger partial charge in [0.15, 0.2) is 5.75 Å². The molecule has 1 heterocycles. The van der Waals surface area contributed by atoms with Crippen LogP contribution in [0.3, 0.4) is 0 Å². The van der Waals surface area contributed by atoms with Crippen LogP contribution in [0.25, 0.3) is 0 Å². The highest BCUT2D eigenvalue weighted by molar-refractivity contribution is 5.30. The molecule has 1 aromatic heterocycles. The fraction of sp³-hybridized carbons (Fsp3) is 0.583. The summed E-state index contributed by atoms with van der Waals surface area (Å²) < 4.78 is 6.88. The Morgan fingerprint density at radius 1 is 1.47 bits per heavy atom. The third-order valence-corrected chi connectivity index (χ3v) is 2.86. The minimum absolute atomic E-state index is 0.0306. The van der Waals surface area contributed by atoms with Crippen molar-refractivity contribution in [2.24, 2.45) is 0 Å². The number of hydrogen-bond donors (Lipinski definition) is 0. The van der Waals surface area contributed by atoms with Crippen molar-refractivity contribution in [3.05, 3.63) is 28.2 Å². The van der Waals surface area contributed by atoms with Gasteiger partial charge in [0, 0.05) is 12.2 Å². The van der Waals surface area contributed by atoms with Crippen LogP contribution < -0.4 is 10.3 Å². The van der Waals surface area contributed by atoms with Crippen LogP contribution >= 0.6 is 0 Å². The van der Waals surface area contributed by atoms with Crippen LogP contribution in [0.5, 0.6) is 5.75 Å². The largest absolute Gasteiger partial charge is 0.491 e. The zero-order valence-electron chi connectivity index (χ0n) is 9.49. The molecule has 3 nitrogen and oxygen atoms in total. The van der Waals surface area contributed by atoms with E-state index in [2.05, 4.69) is 0 Å². The molecule has 1 saturated carbocycles. The lowest BCUT2D eigenvalue weighted by Crippen LogP contribution is -2.23. The highest BCUT2D eigenvalue weighted by Crippen LogP contribution is 2.40. The van der Waals surface area contributed by atoms with Gasteiger partial charge in [0.25, 0.3) is 5.56 Å². The first-order valence-electron chi connectivity index (χ1n) is 5.43. The molecule has 0 N–H and O–H groups in total. The van der Waals surface area contributed by atoms with Gasteiger partial charge < -0.3 is 9.30 Å². The third-order valence-electron chi connectivity index (χ3n) is 2.86. The average Bonchev–Trinajstić information content (AvgIpc) is 3.01. The van der Waals surface area contributed by atoms with E-state index < -0.39 is 0 Å². The number of nitrogens with zero attached hydrogens (tertiary/aromatic N) is 1. The zero-order chi connectivity index (χ0) is 11.0. The van der Waals surface area contributed by atoms with Gasteiger partial charge in [0.05, 0.1) is 7.11 Å². The van der Waals surface area contributed by atoms with Gasteiger partial charge in [-0.2, -0.15) is 0 Å². The molecule has 0 unspecified atom stereocenters. The molecule has 0 bridgehead atoms. The molecule has 1 aliphatic rings. The van der Waals surface area contributed by atoms with Crippen molar-refractivity contribution < 1.29 is 4.74 Å². The number of hydrogen-bond acceptors (Lipinski definition) is 2. The molecule has 0 atom stereocenters. The van der Waals surface area contributed by atoms with Gasteiger partial charge >= 0.3 is 0 Å². The minimum Gasteiger partial charge on any atom is -0.491 e. The van der Waals surface area contributed by atoms with E-state index in [-0.39, 0.29) is 11.6 Å². The maximum Gasteiger partial charge on any atom is 0.293 e. The molecular weight excluding hydrogens is 190 g/mol. The Kier molecular flexibility index (Phi) is 2.55. The van der Waals surface area contributed by atoms with Gasteiger partial charge in [0.1, 0.15) is 0 Å². The lowest BCUT2D eigenvalue weighted by atomic mass is 10.2. The van der Waals surface area contributed by atoms with Crippen molar-refractivity contribution in [2.75, 3.05) is 7.11 Å². The third kappa shape index (κ3) is 1.91. The summed E-state index contributed by atoms with van der Waals surface area (Å²) in [6, 6.07) is 2.07. The predicted molar refractivity (Wildman–Crippen MR) is 59.6 cm³/mol. The first-order valence-corrected chi connectivity index (χ1v) is 5.43. The predicted octanol–water partition coefficient (Wildman–Crippen LogP) is 2.32. The number of ether oxygens (including phenoxy) is 1. The van der Waals surface area contributed by atoms with Crippen molar-refractivity contribution in [3.8, 4) is 5.75 Å². The summed E-state index contributed by atoms with van der Waals surface area (Å²) >= 11 is 0. The molecular formula is C12H17NO2. The Morgan fingerprint density at radius 3 is 2.60 bits per heavy atom. The summed E-state index contributed by atoms with van der Waals surface area (Å²) in [6.07, 6.45) is 4.45. The van der Waals surface area contributed by atoms with E-state index in [1.54, 1.807) is 11.7 Å². The second kappa shape index (κ2) is 3.72. The van der Waals surface area contributed by atoms with Gasteiger partial charge in [-0.25, -0.2) is 0 Å². The molecule has 0 aromatic carbocycles. The summed E-state index contributed by atoms with van der Waals surface area (Å²) in [6.45, 7) is 4.02. The SMILES string of the molecule is COc1cc(C2CC2)cn(C(C)C)c1=O. The van der Waals surface area contributed by atoms with E-state index in [9.17, 15) is 4.79 Å². The lowest BCUT2D eigenvalue weighted by molar-refractivity contribution is 0.398. The zero-order valence-corrected chi connectivity index (χ0v) is 9.49. The summed E-state index contributed by atoms with van der Waals surface area (Å²) in [5, 5.41) is 0. The Balaban J connectivity index is 2.52.